The van der Waals surface area contributed by atoms with Gasteiger partial charge in [0.15, 0.2) is 0 Å². The van der Waals surface area contributed by atoms with E-state index in [9.17, 15) is 9.59 Å². The zero-order chi connectivity index (χ0) is 17.7. The Labute approximate surface area is 149 Å². The molecule has 0 saturated carbocycles. The van der Waals surface area contributed by atoms with Crippen molar-refractivity contribution in [3.63, 3.8) is 0 Å². The molecule has 2 fully saturated rings. The molecule has 0 unspecified atom stereocenters. The van der Waals surface area contributed by atoms with Crippen molar-refractivity contribution in [3.8, 4) is 0 Å². The quantitative estimate of drug-likeness (QED) is 0.872. The minimum Gasteiger partial charge on any atom is -0.381 e. The summed E-state index contributed by atoms with van der Waals surface area (Å²) < 4.78 is 7.02. The lowest BCUT2D eigenvalue weighted by Crippen LogP contribution is -2.59. The van der Waals surface area contributed by atoms with Gasteiger partial charge in [-0.15, -0.1) is 0 Å². The summed E-state index contributed by atoms with van der Waals surface area (Å²) in [4.78, 5) is 26.9. The van der Waals surface area contributed by atoms with E-state index in [1.807, 2.05) is 13.0 Å². The first-order chi connectivity index (χ1) is 12.1. The lowest BCUT2D eigenvalue weighted by Gasteiger charge is -2.48. The van der Waals surface area contributed by atoms with Gasteiger partial charge in [-0.05, 0) is 57.3 Å². The van der Waals surface area contributed by atoms with Crippen molar-refractivity contribution >= 4 is 5.91 Å². The van der Waals surface area contributed by atoms with E-state index in [1.54, 1.807) is 12.3 Å². The molecule has 3 heterocycles. The number of nitrogens with one attached hydrogen (secondary N) is 1. The molecule has 1 N–H and O–H groups in total. The van der Waals surface area contributed by atoms with Crippen molar-refractivity contribution in [2.45, 2.75) is 51.1 Å². The Bertz CT molecular complexity index is 644. The van der Waals surface area contributed by atoms with E-state index in [-0.39, 0.29) is 23.6 Å². The van der Waals surface area contributed by atoms with Crippen molar-refractivity contribution < 1.29 is 9.53 Å². The fraction of sp³-hybridized carbons (Fsp3) is 0.684. The van der Waals surface area contributed by atoms with E-state index in [0.717, 1.165) is 44.7 Å². The summed E-state index contributed by atoms with van der Waals surface area (Å²) in [7, 11) is 0. The Morgan fingerprint density at radius 2 is 1.96 bits per heavy atom. The number of aromatic nitrogens is 1. The maximum atomic E-state index is 12.4. The lowest BCUT2D eigenvalue weighted by atomic mass is 9.86. The molecule has 1 aromatic heterocycles. The Balaban J connectivity index is 1.62. The fourth-order valence-electron chi connectivity index (χ4n) is 3.94. The van der Waals surface area contributed by atoms with Crippen molar-refractivity contribution in [3.05, 3.63) is 34.2 Å². The largest absolute Gasteiger partial charge is 0.381 e. The predicted molar refractivity (Wildman–Crippen MR) is 96.7 cm³/mol. The van der Waals surface area contributed by atoms with Gasteiger partial charge in [0.05, 0.1) is 0 Å². The molecule has 0 bridgehead atoms. The van der Waals surface area contributed by atoms with Crippen molar-refractivity contribution in [2.75, 3.05) is 32.8 Å². The highest BCUT2D eigenvalue weighted by Crippen LogP contribution is 2.30. The van der Waals surface area contributed by atoms with Crippen LogP contribution in [0.25, 0.3) is 0 Å². The van der Waals surface area contributed by atoms with Gasteiger partial charge in [0, 0.05) is 37.6 Å². The summed E-state index contributed by atoms with van der Waals surface area (Å²) in [6.07, 6.45) is 7.36. The van der Waals surface area contributed by atoms with Crippen LogP contribution in [0.3, 0.4) is 0 Å². The summed E-state index contributed by atoms with van der Waals surface area (Å²) in [6.45, 7) is 6.30. The third-order valence-corrected chi connectivity index (χ3v) is 5.53. The fourth-order valence-corrected chi connectivity index (χ4v) is 3.94. The van der Waals surface area contributed by atoms with Crippen LogP contribution in [0, 0.1) is 6.92 Å². The molecule has 1 aromatic rings. The summed E-state index contributed by atoms with van der Waals surface area (Å²) in [5, 5.41) is 3.08. The molecular formula is C19H29N3O3. The van der Waals surface area contributed by atoms with Gasteiger partial charge < -0.3 is 14.6 Å². The van der Waals surface area contributed by atoms with Crippen LogP contribution < -0.4 is 10.9 Å². The number of rotatable bonds is 5. The number of hydrogen-bond acceptors (Lipinski definition) is 4. The first kappa shape index (κ1) is 18.1. The molecule has 6 nitrogen and oxygen atoms in total. The molecule has 1 amide bonds. The van der Waals surface area contributed by atoms with Gasteiger partial charge in [-0.25, -0.2) is 0 Å². The lowest BCUT2D eigenvalue weighted by molar-refractivity contribution is -0.123. The third kappa shape index (κ3) is 4.50. The molecule has 25 heavy (non-hydrogen) atoms. The van der Waals surface area contributed by atoms with Crippen LogP contribution in [-0.2, 0) is 16.1 Å². The molecule has 0 spiro atoms. The standard InChI is InChI=1S/C19H29N3O3/c1-16-5-10-21(18(24)13-16)14-17(23)20-15-19(6-11-25-12-7-19)22-8-3-2-4-9-22/h5,10,13H,2-4,6-9,11-12,14-15H2,1H3,(H,20,23). The summed E-state index contributed by atoms with van der Waals surface area (Å²) in [6, 6.07) is 3.41. The van der Waals surface area contributed by atoms with Gasteiger partial charge in [-0.1, -0.05) is 6.42 Å². The van der Waals surface area contributed by atoms with E-state index >= 15 is 0 Å². The Morgan fingerprint density at radius 1 is 1.24 bits per heavy atom. The molecular weight excluding hydrogens is 318 g/mol. The highest BCUT2D eigenvalue weighted by atomic mass is 16.5. The minimum atomic E-state index is -0.132. The number of carbonyl (C=O) groups is 1. The van der Waals surface area contributed by atoms with Crippen LogP contribution in [0.4, 0.5) is 0 Å². The van der Waals surface area contributed by atoms with Gasteiger partial charge in [-0.3, -0.25) is 14.5 Å². The zero-order valence-corrected chi connectivity index (χ0v) is 15.1. The zero-order valence-electron chi connectivity index (χ0n) is 15.1. The van der Waals surface area contributed by atoms with E-state index in [1.165, 1.54) is 23.8 Å². The van der Waals surface area contributed by atoms with Crippen LogP contribution in [0.2, 0.25) is 0 Å². The van der Waals surface area contributed by atoms with Crippen molar-refractivity contribution in [2.24, 2.45) is 0 Å². The van der Waals surface area contributed by atoms with E-state index in [4.69, 9.17) is 4.74 Å². The maximum absolute atomic E-state index is 12.4. The minimum absolute atomic E-state index is 0.00652. The average Bonchev–Trinajstić information content (AvgIpc) is 2.64. The monoisotopic (exact) mass is 347 g/mol. The first-order valence-electron chi connectivity index (χ1n) is 9.36. The van der Waals surface area contributed by atoms with Crippen LogP contribution in [0.1, 0.15) is 37.7 Å². The smallest absolute Gasteiger partial charge is 0.251 e. The number of pyridine rings is 1. The predicted octanol–water partition coefficient (Wildman–Crippen LogP) is 1.31. The molecule has 138 valence electrons. The van der Waals surface area contributed by atoms with E-state index < -0.39 is 0 Å². The summed E-state index contributed by atoms with van der Waals surface area (Å²) in [5.41, 5.74) is 0.784. The van der Waals surface area contributed by atoms with Crippen LogP contribution in [-0.4, -0.2) is 53.8 Å². The van der Waals surface area contributed by atoms with Gasteiger partial charge in [0.2, 0.25) is 5.91 Å². The van der Waals surface area contributed by atoms with E-state index in [2.05, 4.69) is 10.2 Å². The van der Waals surface area contributed by atoms with Gasteiger partial charge in [-0.2, -0.15) is 0 Å². The van der Waals surface area contributed by atoms with Crippen molar-refractivity contribution in [1.82, 2.24) is 14.8 Å². The number of piperidine rings is 1. The first-order valence-corrected chi connectivity index (χ1v) is 9.36. The van der Waals surface area contributed by atoms with Gasteiger partial charge in [0.1, 0.15) is 6.54 Å². The summed E-state index contributed by atoms with van der Waals surface area (Å²) in [5.74, 6) is -0.103. The highest BCUT2D eigenvalue weighted by Gasteiger charge is 2.39. The number of likely N-dealkylation sites (tertiary alicyclic amines) is 1. The van der Waals surface area contributed by atoms with Gasteiger partial charge >= 0.3 is 0 Å². The molecule has 3 rings (SSSR count). The Kier molecular flexibility index (Phi) is 5.91. The molecule has 0 radical (unpaired) electrons. The topological polar surface area (TPSA) is 63.6 Å². The number of aryl methyl sites for hydroxylation is 1. The normalized spacial score (nSPS) is 21.0. The average molecular weight is 347 g/mol. The second-order valence-corrected chi connectivity index (χ2v) is 7.33. The second kappa shape index (κ2) is 8.15. The molecule has 0 atom stereocenters. The Hall–Kier alpha value is -1.66. The van der Waals surface area contributed by atoms with Crippen LogP contribution >= 0.6 is 0 Å². The number of ether oxygens (including phenoxy) is 1. The second-order valence-electron chi connectivity index (χ2n) is 7.33. The molecule has 2 saturated heterocycles. The van der Waals surface area contributed by atoms with Crippen LogP contribution in [0.5, 0.6) is 0 Å². The van der Waals surface area contributed by atoms with Crippen LogP contribution in [0.15, 0.2) is 23.1 Å². The molecule has 2 aliphatic rings. The number of hydrogen-bond donors (Lipinski definition) is 1. The number of amides is 1. The van der Waals surface area contributed by atoms with E-state index in [0.29, 0.717) is 6.54 Å². The maximum Gasteiger partial charge on any atom is 0.251 e. The molecule has 0 aliphatic carbocycles. The third-order valence-electron chi connectivity index (χ3n) is 5.53. The molecule has 6 heteroatoms. The number of nitrogens with zero attached hydrogens (tertiary/aromatic N) is 2. The molecule has 0 aromatic carbocycles. The highest BCUT2D eigenvalue weighted by molar-refractivity contribution is 5.75. The molecule has 2 aliphatic heterocycles. The number of carbonyl (C=O) groups excluding carboxylic acids is 1. The summed E-state index contributed by atoms with van der Waals surface area (Å²) >= 11 is 0. The van der Waals surface area contributed by atoms with Crippen molar-refractivity contribution in [1.29, 1.82) is 0 Å². The van der Waals surface area contributed by atoms with Gasteiger partial charge in [0.25, 0.3) is 5.56 Å². The Morgan fingerprint density at radius 3 is 2.64 bits per heavy atom. The SMILES string of the molecule is Cc1ccn(CC(=O)NCC2(N3CCCCC3)CCOCC2)c(=O)c1.